The normalized spacial score (nSPS) is 18.2. The minimum atomic E-state index is -2.69. The van der Waals surface area contributed by atoms with Gasteiger partial charge in [-0.05, 0) is 0 Å². The summed E-state index contributed by atoms with van der Waals surface area (Å²) < 4.78 is 18.3. The molecule has 14 heavy (non-hydrogen) atoms. The van der Waals surface area contributed by atoms with Crippen LogP contribution >= 0.6 is 11.6 Å². The fourth-order valence-electron chi connectivity index (χ4n) is 1.05. The van der Waals surface area contributed by atoms with E-state index in [1.54, 1.807) is 0 Å². The average molecular weight is 279 g/mol. The van der Waals surface area contributed by atoms with Crippen LogP contribution < -0.4 is 10.7 Å². The first-order valence-electron chi connectivity index (χ1n) is 3.42. The van der Waals surface area contributed by atoms with Gasteiger partial charge in [0, 0.05) is 0 Å². The fraction of sp³-hybridized carbons (Fsp3) is 0. The monoisotopic (exact) mass is 279 g/mol. The zero-order valence-corrected chi connectivity index (χ0v) is 8.98. The standard InChI is InChI=1S/C6H2ClN3O3Se/c7-3-1-2-4(10(11)12)6-5(3)8-14(13)9-6/h1-2H. The molecule has 0 fully saturated rings. The predicted molar refractivity (Wildman–Crippen MR) is 46.9 cm³/mol. The van der Waals surface area contributed by atoms with Crippen molar-refractivity contribution in [3.8, 4) is 0 Å². The maximum atomic E-state index is 11.0. The van der Waals surface area contributed by atoms with Crippen LogP contribution in [0.25, 0.3) is 0 Å². The number of non-ortho nitro benzene ring substituents is 1. The number of hydrogen-bond acceptors (Lipinski definition) is 3. The van der Waals surface area contributed by atoms with E-state index in [-0.39, 0.29) is 21.4 Å². The summed E-state index contributed by atoms with van der Waals surface area (Å²) in [6.07, 6.45) is 0. The molecule has 72 valence electrons. The SMILES string of the molecule is O=[N+]([O-])c1ccc(Cl)c2c1=N[Se](=O)N=2. The van der Waals surface area contributed by atoms with E-state index in [2.05, 4.69) is 8.02 Å². The van der Waals surface area contributed by atoms with Gasteiger partial charge in [-0.3, -0.25) is 0 Å². The van der Waals surface area contributed by atoms with Crippen LogP contribution in [0.3, 0.4) is 0 Å². The molecule has 6 nitrogen and oxygen atoms in total. The van der Waals surface area contributed by atoms with Crippen molar-refractivity contribution in [3.63, 3.8) is 0 Å². The van der Waals surface area contributed by atoms with Gasteiger partial charge in [-0.2, -0.15) is 0 Å². The van der Waals surface area contributed by atoms with Crippen LogP contribution in [0.5, 0.6) is 0 Å². The summed E-state index contributed by atoms with van der Waals surface area (Å²) in [4.78, 5) is 9.95. The Morgan fingerprint density at radius 1 is 1.36 bits per heavy atom. The fourth-order valence-corrected chi connectivity index (χ4v) is 2.86. The van der Waals surface area contributed by atoms with E-state index in [1.165, 1.54) is 12.1 Å². The number of fused-ring (bicyclic) bond motifs is 1. The third-order valence-corrected chi connectivity index (χ3v) is 3.34. The first-order valence-corrected chi connectivity index (χ1v) is 6.03. The molecule has 2 rings (SSSR count). The molecule has 0 aliphatic carbocycles. The van der Waals surface area contributed by atoms with Crippen molar-refractivity contribution >= 4 is 31.6 Å². The van der Waals surface area contributed by atoms with Gasteiger partial charge in [0.25, 0.3) is 0 Å². The van der Waals surface area contributed by atoms with Crippen LogP contribution in [-0.4, -0.2) is 19.2 Å². The van der Waals surface area contributed by atoms with E-state index >= 15 is 0 Å². The maximum absolute atomic E-state index is 11.0. The topological polar surface area (TPSA) is 84.9 Å². The molecule has 0 saturated heterocycles. The Balaban J connectivity index is 2.93. The van der Waals surface area contributed by atoms with E-state index in [9.17, 15) is 13.9 Å². The third kappa shape index (κ3) is 1.35. The molecular formula is C6H2ClN3O3Se. The molecule has 1 aromatic carbocycles. The van der Waals surface area contributed by atoms with E-state index in [4.69, 9.17) is 11.6 Å². The zero-order valence-electron chi connectivity index (χ0n) is 6.51. The molecule has 0 spiro atoms. The molecule has 1 atom stereocenters. The number of nitro groups is 1. The van der Waals surface area contributed by atoms with Crippen molar-refractivity contribution in [2.45, 2.75) is 0 Å². The van der Waals surface area contributed by atoms with Crippen LogP contribution in [0, 0.1) is 10.1 Å². The van der Waals surface area contributed by atoms with Gasteiger partial charge in [0.2, 0.25) is 0 Å². The van der Waals surface area contributed by atoms with Crippen molar-refractivity contribution in [2.75, 3.05) is 0 Å². The van der Waals surface area contributed by atoms with Gasteiger partial charge in [-0.25, -0.2) is 0 Å². The van der Waals surface area contributed by atoms with Gasteiger partial charge in [0.15, 0.2) is 0 Å². The van der Waals surface area contributed by atoms with E-state index in [1.807, 2.05) is 0 Å². The van der Waals surface area contributed by atoms with Gasteiger partial charge >= 0.3 is 86.3 Å². The molecule has 0 aromatic heterocycles. The summed E-state index contributed by atoms with van der Waals surface area (Å²) in [6.45, 7) is 0. The summed E-state index contributed by atoms with van der Waals surface area (Å²) in [5, 5.41) is 11.0. The van der Waals surface area contributed by atoms with Crippen molar-refractivity contribution in [2.24, 2.45) is 8.02 Å². The Morgan fingerprint density at radius 2 is 2.00 bits per heavy atom. The molecule has 0 radical (unpaired) electrons. The summed E-state index contributed by atoms with van der Waals surface area (Å²) in [5.41, 5.74) is -0.213. The number of hydrogen-bond donors (Lipinski definition) is 0. The molecule has 1 aromatic rings. The van der Waals surface area contributed by atoms with E-state index in [0.29, 0.717) is 0 Å². The third-order valence-electron chi connectivity index (χ3n) is 1.62. The molecule has 1 aliphatic rings. The molecule has 0 amide bonds. The van der Waals surface area contributed by atoms with E-state index < -0.39 is 19.2 Å². The summed E-state index contributed by atoms with van der Waals surface area (Å²) >= 11 is 3.02. The Bertz CT molecular complexity index is 570. The molecule has 1 unspecified atom stereocenters. The number of benzene rings is 1. The Kier molecular flexibility index (Phi) is 2.14. The molecule has 0 bridgehead atoms. The summed E-state index contributed by atoms with van der Waals surface area (Å²) in [7, 11) is 0. The van der Waals surface area contributed by atoms with Gasteiger partial charge in [0.05, 0.1) is 0 Å². The van der Waals surface area contributed by atoms with E-state index in [0.717, 1.165) is 0 Å². The predicted octanol–water partition coefficient (Wildman–Crippen LogP) is -0.0836. The Labute approximate surface area is 86.6 Å². The minimum absolute atomic E-state index is 0.0301. The van der Waals surface area contributed by atoms with Gasteiger partial charge in [0.1, 0.15) is 0 Å². The van der Waals surface area contributed by atoms with Crippen LogP contribution in [0.15, 0.2) is 20.2 Å². The Hall–Kier alpha value is -1.17. The van der Waals surface area contributed by atoms with Gasteiger partial charge < -0.3 is 0 Å². The first-order chi connectivity index (χ1) is 6.59. The first kappa shape index (κ1) is 9.39. The molecule has 8 heteroatoms. The molecular weight excluding hydrogens is 276 g/mol. The average Bonchev–Trinajstić information content (AvgIpc) is 2.47. The number of rotatable bonds is 1. The summed E-state index contributed by atoms with van der Waals surface area (Å²) in [6, 6.07) is 2.58. The van der Waals surface area contributed by atoms with Crippen molar-refractivity contribution in [3.05, 3.63) is 38.0 Å². The molecule has 1 heterocycles. The van der Waals surface area contributed by atoms with Crippen molar-refractivity contribution < 1.29 is 8.76 Å². The van der Waals surface area contributed by atoms with Crippen LogP contribution in [0.1, 0.15) is 0 Å². The van der Waals surface area contributed by atoms with Gasteiger partial charge in [-0.1, -0.05) is 0 Å². The quantitative estimate of drug-likeness (QED) is 0.409. The second-order valence-corrected chi connectivity index (χ2v) is 4.58. The van der Waals surface area contributed by atoms with Crippen LogP contribution in [0.2, 0.25) is 5.02 Å². The molecule has 0 saturated carbocycles. The number of nitrogens with zero attached hydrogens (tertiary/aromatic N) is 3. The Morgan fingerprint density at radius 3 is 2.64 bits per heavy atom. The molecule has 1 aliphatic heterocycles. The molecule has 0 N–H and O–H groups in total. The second kappa shape index (κ2) is 3.20. The van der Waals surface area contributed by atoms with Crippen LogP contribution in [0.4, 0.5) is 5.69 Å². The van der Waals surface area contributed by atoms with Crippen molar-refractivity contribution in [1.29, 1.82) is 0 Å². The number of nitro benzene ring substituents is 1. The summed E-state index contributed by atoms with van der Waals surface area (Å²) in [5.74, 6) is 0. The van der Waals surface area contributed by atoms with Crippen molar-refractivity contribution in [1.82, 2.24) is 0 Å². The number of halogens is 1. The van der Waals surface area contributed by atoms with Gasteiger partial charge in [-0.15, -0.1) is 0 Å². The van der Waals surface area contributed by atoms with Crippen LogP contribution in [-0.2, 0) is 3.83 Å². The zero-order chi connectivity index (χ0) is 10.3. The second-order valence-electron chi connectivity index (χ2n) is 2.43.